The Kier molecular flexibility index (Phi) is 6.31. The van der Waals surface area contributed by atoms with Crippen LogP contribution in [0, 0.1) is 5.92 Å². The third kappa shape index (κ3) is 5.75. The second-order valence-corrected chi connectivity index (χ2v) is 5.12. The Bertz CT molecular complexity index is 195. The molecule has 1 heterocycles. The molecule has 1 fully saturated rings. The summed E-state index contributed by atoms with van der Waals surface area (Å²) in [5, 5.41) is 3.05. The first-order valence-electron chi connectivity index (χ1n) is 6.84. The van der Waals surface area contributed by atoms with Gasteiger partial charge in [-0.1, -0.05) is 39.0 Å². The number of hydrogen-bond donors (Lipinski definition) is 1. The Morgan fingerprint density at radius 1 is 1.06 bits per heavy atom. The van der Waals surface area contributed by atoms with E-state index in [-0.39, 0.29) is 6.54 Å². The van der Waals surface area contributed by atoms with Crippen LogP contribution in [-0.2, 0) is 0 Å². The van der Waals surface area contributed by atoms with Crippen molar-refractivity contribution in [1.29, 1.82) is 0 Å². The molecule has 1 aliphatic heterocycles. The largest absolute Gasteiger partial charge is 0.393 e. The summed E-state index contributed by atoms with van der Waals surface area (Å²) in [6.07, 6.45) is 4.13. The van der Waals surface area contributed by atoms with Crippen LogP contribution in [0.5, 0.6) is 0 Å². The summed E-state index contributed by atoms with van der Waals surface area (Å²) < 4.78 is 37.3. The molecule has 2 atom stereocenters. The van der Waals surface area contributed by atoms with Crippen LogP contribution in [0.15, 0.2) is 0 Å². The lowest BCUT2D eigenvalue weighted by Gasteiger charge is -2.31. The molecular weight excluding hydrogens is 227 g/mol. The van der Waals surface area contributed by atoms with E-state index in [2.05, 4.69) is 12.2 Å². The van der Waals surface area contributed by atoms with Crippen LogP contribution >= 0.6 is 0 Å². The molecule has 0 aromatic heterocycles. The summed E-state index contributed by atoms with van der Waals surface area (Å²) in [6, 6.07) is 0.315. The van der Waals surface area contributed by atoms with Gasteiger partial charge in [0.1, 0.15) is 0 Å². The molecule has 17 heavy (non-hydrogen) atoms. The monoisotopic (exact) mass is 251 g/mol. The fourth-order valence-electron chi connectivity index (χ4n) is 2.44. The van der Waals surface area contributed by atoms with Gasteiger partial charge in [-0.15, -0.1) is 0 Å². The van der Waals surface area contributed by atoms with Crippen molar-refractivity contribution in [3.05, 3.63) is 0 Å². The average molecular weight is 251 g/mol. The quantitative estimate of drug-likeness (QED) is 0.695. The highest BCUT2D eigenvalue weighted by Crippen LogP contribution is 2.32. The molecule has 1 N–H and O–H groups in total. The van der Waals surface area contributed by atoms with Crippen LogP contribution in [0.1, 0.15) is 58.3 Å². The standard InChI is InChI=1S/C13H24F3N/c1-2-3-4-5-6-7-12-9-8-11(10-17-12)13(14,15)16/h11-12,17H,2-10H2,1H3. The van der Waals surface area contributed by atoms with Gasteiger partial charge < -0.3 is 5.32 Å². The van der Waals surface area contributed by atoms with Crippen LogP contribution < -0.4 is 5.32 Å². The molecule has 1 nitrogen and oxygen atoms in total. The highest BCUT2D eigenvalue weighted by atomic mass is 19.4. The van der Waals surface area contributed by atoms with Gasteiger partial charge >= 0.3 is 6.18 Å². The first-order chi connectivity index (χ1) is 8.04. The zero-order valence-electron chi connectivity index (χ0n) is 10.7. The van der Waals surface area contributed by atoms with E-state index in [1.165, 1.54) is 25.7 Å². The summed E-state index contributed by atoms with van der Waals surface area (Å²) in [5.74, 6) is -1.13. The Morgan fingerprint density at radius 2 is 1.76 bits per heavy atom. The van der Waals surface area contributed by atoms with Crippen LogP contribution in [-0.4, -0.2) is 18.8 Å². The zero-order valence-corrected chi connectivity index (χ0v) is 10.7. The minimum Gasteiger partial charge on any atom is -0.313 e. The Labute approximate surface area is 102 Å². The molecule has 0 amide bonds. The maximum atomic E-state index is 12.4. The van der Waals surface area contributed by atoms with Crippen LogP contribution in [0.4, 0.5) is 13.2 Å². The van der Waals surface area contributed by atoms with E-state index in [1.807, 2.05) is 0 Å². The van der Waals surface area contributed by atoms with Crippen LogP contribution in [0.2, 0.25) is 0 Å². The van der Waals surface area contributed by atoms with E-state index < -0.39 is 12.1 Å². The fourth-order valence-corrected chi connectivity index (χ4v) is 2.44. The lowest BCUT2D eigenvalue weighted by atomic mass is 9.91. The highest BCUT2D eigenvalue weighted by Gasteiger charge is 2.41. The van der Waals surface area contributed by atoms with Crippen LogP contribution in [0.25, 0.3) is 0 Å². The molecule has 0 aromatic rings. The van der Waals surface area contributed by atoms with Gasteiger partial charge in [-0.25, -0.2) is 0 Å². The molecule has 4 heteroatoms. The topological polar surface area (TPSA) is 12.0 Å². The number of nitrogens with one attached hydrogen (secondary N) is 1. The summed E-state index contributed by atoms with van der Waals surface area (Å²) in [4.78, 5) is 0. The van der Waals surface area contributed by atoms with Crippen molar-refractivity contribution in [3.8, 4) is 0 Å². The van der Waals surface area contributed by atoms with Crippen molar-refractivity contribution in [1.82, 2.24) is 5.32 Å². The third-order valence-corrected chi connectivity index (χ3v) is 3.64. The molecule has 1 saturated heterocycles. The van der Waals surface area contributed by atoms with Gasteiger partial charge in [0.25, 0.3) is 0 Å². The number of hydrogen-bond acceptors (Lipinski definition) is 1. The predicted octanol–water partition coefficient (Wildman–Crippen LogP) is 4.28. The lowest BCUT2D eigenvalue weighted by Crippen LogP contribution is -2.44. The van der Waals surface area contributed by atoms with Gasteiger partial charge in [-0.05, 0) is 19.3 Å². The number of unbranched alkanes of at least 4 members (excludes halogenated alkanes) is 4. The van der Waals surface area contributed by atoms with Gasteiger partial charge in [-0.2, -0.15) is 13.2 Å². The molecule has 0 spiro atoms. The van der Waals surface area contributed by atoms with Gasteiger partial charge in [0.2, 0.25) is 0 Å². The molecule has 0 aromatic carbocycles. The molecule has 0 saturated carbocycles. The molecular formula is C13H24F3N. The fraction of sp³-hybridized carbons (Fsp3) is 1.00. The SMILES string of the molecule is CCCCCCCC1CCC(C(F)(F)F)CN1. The van der Waals surface area contributed by atoms with Gasteiger partial charge in [0.15, 0.2) is 0 Å². The maximum absolute atomic E-state index is 12.4. The minimum absolute atomic E-state index is 0.114. The summed E-state index contributed by atoms with van der Waals surface area (Å²) in [6.45, 7) is 2.29. The van der Waals surface area contributed by atoms with E-state index in [0.717, 1.165) is 12.8 Å². The van der Waals surface area contributed by atoms with Gasteiger partial charge in [-0.3, -0.25) is 0 Å². The maximum Gasteiger partial charge on any atom is 0.393 e. The van der Waals surface area contributed by atoms with Crippen molar-refractivity contribution in [2.24, 2.45) is 5.92 Å². The van der Waals surface area contributed by atoms with Crippen LogP contribution in [0.3, 0.4) is 0 Å². The number of halogens is 3. The minimum atomic E-state index is -4.01. The van der Waals surface area contributed by atoms with E-state index >= 15 is 0 Å². The van der Waals surface area contributed by atoms with Crippen molar-refractivity contribution >= 4 is 0 Å². The van der Waals surface area contributed by atoms with E-state index in [9.17, 15) is 13.2 Å². The Morgan fingerprint density at radius 3 is 2.29 bits per heavy atom. The van der Waals surface area contributed by atoms with Crippen molar-refractivity contribution < 1.29 is 13.2 Å². The molecule has 0 aliphatic carbocycles. The number of piperidine rings is 1. The van der Waals surface area contributed by atoms with Crippen molar-refractivity contribution in [2.45, 2.75) is 70.5 Å². The highest BCUT2D eigenvalue weighted by molar-refractivity contribution is 4.81. The first kappa shape index (κ1) is 14.8. The van der Waals surface area contributed by atoms with Crippen molar-refractivity contribution in [3.63, 3.8) is 0 Å². The third-order valence-electron chi connectivity index (χ3n) is 3.64. The Hall–Kier alpha value is -0.250. The van der Waals surface area contributed by atoms with E-state index in [4.69, 9.17) is 0 Å². The average Bonchev–Trinajstić information content (AvgIpc) is 2.28. The predicted molar refractivity (Wildman–Crippen MR) is 63.9 cm³/mol. The molecule has 0 bridgehead atoms. The summed E-state index contributed by atoms with van der Waals surface area (Å²) in [7, 11) is 0. The molecule has 2 unspecified atom stereocenters. The van der Waals surface area contributed by atoms with Gasteiger partial charge in [0.05, 0.1) is 5.92 Å². The lowest BCUT2D eigenvalue weighted by molar-refractivity contribution is -0.179. The molecule has 1 aliphatic rings. The normalized spacial score (nSPS) is 26.1. The smallest absolute Gasteiger partial charge is 0.313 e. The molecule has 1 rings (SSSR count). The first-order valence-corrected chi connectivity index (χ1v) is 6.84. The molecule has 0 radical (unpaired) electrons. The van der Waals surface area contributed by atoms with E-state index in [1.54, 1.807) is 0 Å². The second kappa shape index (κ2) is 7.24. The number of rotatable bonds is 6. The zero-order chi connectivity index (χ0) is 12.7. The summed E-state index contributed by atoms with van der Waals surface area (Å²) >= 11 is 0. The molecule has 102 valence electrons. The van der Waals surface area contributed by atoms with E-state index in [0.29, 0.717) is 18.9 Å². The van der Waals surface area contributed by atoms with Crippen molar-refractivity contribution in [2.75, 3.05) is 6.54 Å². The Balaban J connectivity index is 2.07. The van der Waals surface area contributed by atoms with Gasteiger partial charge in [0, 0.05) is 12.6 Å². The summed E-state index contributed by atoms with van der Waals surface area (Å²) in [5.41, 5.74) is 0. The second-order valence-electron chi connectivity index (χ2n) is 5.12. The number of alkyl halides is 3.